The van der Waals surface area contributed by atoms with Crippen LogP contribution in [0.15, 0.2) is 30.3 Å². The third kappa shape index (κ3) is 2.74. The molecule has 1 N–H and O–H groups in total. The molecule has 1 rings (SSSR count). The number of halogens is 1. The molecule has 0 aliphatic heterocycles. The minimum Gasteiger partial charge on any atom is -0.464 e. The Balaban J connectivity index is 0.00000169. The first kappa shape index (κ1) is 12.5. The van der Waals surface area contributed by atoms with Gasteiger partial charge < -0.3 is 5.11 Å². The Hall–Kier alpha value is -1.55. The normalized spacial score (nSPS) is 8.64. The lowest BCUT2D eigenvalue weighted by Crippen LogP contribution is -2.33. The molecule has 0 saturated heterocycles. The van der Waals surface area contributed by atoms with Crippen LogP contribution in [0, 0.1) is 0 Å². The molecule has 5 heteroatoms. The van der Waals surface area contributed by atoms with E-state index in [1.54, 1.807) is 30.3 Å². The quantitative estimate of drug-likeness (QED) is 0.781. The van der Waals surface area contributed by atoms with E-state index in [4.69, 9.17) is 5.11 Å². The lowest BCUT2D eigenvalue weighted by molar-refractivity contribution is -0.116. The summed E-state index contributed by atoms with van der Waals surface area (Å²) in [6, 6.07) is 8.23. The van der Waals surface area contributed by atoms with Crippen molar-refractivity contribution in [3.8, 4) is 0 Å². The third-order valence-electron chi connectivity index (χ3n) is 1.52. The van der Waals surface area contributed by atoms with Crippen molar-refractivity contribution >= 4 is 30.1 Å². The number of carbonyl (C=O) groups is 2. The van der Waals surface area contributed by atoms with Gasteiger partial charge in [0.2, 0.25) is 5.91 Å². The smallest absolute Gasteiger partial charge is 0.418 e. The van der Waals surface area contributed by atoms with Crippen LogP contribution in [0.5, 0.6) is 0 Å². The molecule has 0 aliphatic carbocycles. The maximum absolute atomic E-state index is 10.9. The number of rotatable bonds is 1. The second-order valence-corrected chi connectivity index (χ2v) is 2.47. The molecule has 0 radical (unpaired) electrons. The number of amides is 2. The number of nitrogens with zero attached hydrogens (tertiary/aromatic N) is 1. The van der Waals surface area contributed by atoms with Gasteiger partial charge in [-0.25, -0.2) is 9.69 Å². The number of carboxylic acid groups (broad SMARTS) is 1. The van der Waals surface area contributed by atoms with Crippen molar-refractivity contribution in [1.29, 1.82) is 0 Å². The van der Waals surface area contributed by atoms with Crippen molar-refractivity contribution in [2.45, 2.75) is 6.92 Å². The highest BCUT2D eigenvalue weighted by Crippen LogP contribution is 2.13. The Morgan fingerprint density at radius 3 is 2.07 bits per heavy atom. The largest absolute Gasteiger partial charge is 0.464 e. The molecular formula is C9H10ClNO3. The van der Waals surface area contributed by atoms with Gasteiger partial charge >= 0.3 is 6.09 Å². The number of hydrogen-bond donors (Lipinski definition) is 1. The molecule has 2 amide bonds. The summed E-state index contributed by atoms with van der Waals surface area (Å²) in [6.45, 7) is 1.21. The van der Waals surface area contributed by atoms with Crippen LogP contribution in [-0.2, 0) is 4.79 Å². The van der Waals surface area contributed by atoms with Crippen LogP contribution in [0.4, 0.5) is 10.5 Å². The predicted octanol–water partition coefficient (Wildman–Crippen LogP) is 2.14. The molecule has 0 fully saturated rings. The summed E-state index contributed by atoms with van der Waals surface area (Å²) in [5.74, 6) is -0.515. The zero-order chi connectivity index (χ0) is 9.84. The third-order valence-corrected chi connectivity index (χ3v) is 1.52. The van der Waals surface area contributed by atoms with Crippen LogP contribution in [0.2, 0.25) is 0 Å². The minimum atomic E-state index is -1.27. The van der Waals surface area contributed by atoms with E-state index >= 15 is 0 Å². The van der Waals surface area contributed by atoms with Crippen molar-refractivity contribution in [3.63, 3.8) is 0 Å². The second-order valence-electron chi connectivity index (χ2n) is 2.47. The maximum atomic E-state index is 10.9. The van der Waals surface area contributed by atoms with Crippen LogP contribution >= 0.6 is 12.4 Å². The highest BCUT2D eigenvalue weighted by atomic mass is 35.5. The van der Waals surface area contributed by atoms with Crippen molar-refractivity contribution in [2.75, 3.05) is 4.90 Å². The molecule has 76 valence electrons. The van der Waals surface area contributed by atoms with E-state index in [1.165, 1.54) is 6.92 Å². The summed E-state index contributed by atoms with van der Waals surface area (Å²) in [5, 5.41) is 8.70. The van der Waals surface area contributed by atoms with Crippen LogP contribution in [0.1, 0.15) is 6.92 Å². The summed E-state index contributed by atoms with van der Waals surface area (Å²) in [5.41, 5.74) is 0.363. The van der Waals surface area contributed by atoms with Gasteiger partial charge in [0, 0.05) is 6.92 Å². The fraction of sp³-hybridized carbons (Fsp3) is 0.111. The van der Waals surface area contributed by atoms with Crippen molar-refractivity contribution in [3.05, 3.63) is 30.3 Å². The second kappa shape index (κ2) is 5.24. The Morgan fingerprint density at radius 1 is 1.21 bits per heavy atom. The molecule has 0 heterocycles. The Kier molecular flexibility index (Phi) is 4.66. The number of benzene rings is 1. The van der Waals surface area contributed by atoms with E-state index in [-0.39, 0.29) is 12.4 Å². The number of anilines is 1. The van der Waals surface area contributed by atoms with Crippen molar-refractivity contribution < 1.29 is 14.7 Å². The molecule has 4 nitrogen and oxygen atoms in total. The molecule has 0 aliphatic rings. The van der Waals surface area contributed by atoms with Gasteiger partial charge in [0.1, 0.15) is 0 Å². The summed E-state index contributed by atoms with van der Waals surface area (Å²) < 4.78 is 0. The van der Waals surface area contributed by atoms with Gasteiger partial charge in [0.05, 0.1) is 5.69 Å². The van der Waals surface area contributed by atoms with E-state index in [1.807, 2.05) is 0 Å². The summed E-state index contributed by atoms with van der Waals surface area (Å²) in [4.78, 5) is 22.3. The van der Waals surface area contributed by atoms with Crippen molar-refractivity contribution in [1.82, 2.24) is 0 Å². The molecule has 0 unspecified atom stereocenters. The molecule has 0 spiro atoms. The molecule has 0 saturated carbocycles. The number of imide groups is 1. The highest BCUT2D eigenvalue weighted by Gasteiger charge is 2.17. The highest BCUT2D eigenvalue weighted by molar-refractivity contribution is 6.10. The van der Waals surface area contributed by atoms with Gasteiger partial charge in [-0.2, -0.15) is 0 Å². The molecule has 14 heavy (non-hydrogen) atoms. The first-order valence-corrected chi connectivity index (χ1v) is 3.71. The van der Waals surface area contributed by atoms with E-state index < -0.39 is 12.0 Å². The average molecular weight is 216 g/mol. The minimum absolute atomic E-state index is 0. The number of hydrogen-bond acceptors (Lipinski definition) is 2. The van der Waals surface area contributed by atoms with E-state index in [0.29, 0.717) is 10.6 Å². The average Bonchev–Trinajstić information content (AvgIpc) is 2.04. The summed E-state index contributed by atoms with van der Waals surface area (Å²) >= 11 is 0. The summed E-state index contributed by atoms with van der Waals surface area (Å²) in [7, 11) is 0. The first-order chi connectivity index (χ1) is 6.13. The standard InChI is InChI=1S/C9H9NO3.ClH/c1-7(11)10(9(12)13)8-5-3-2-4-6-8;/h2-6H,1H3,(H,12,13);1H. The predicted molar refractivity (Wildman–Crippen MR) is 54.9 cm³/mol. The van der Waals surface area contributed by atoms with E-state index in [2.05, 4.69) is 0 Å². The molecular weight excluding hydrogens is 206 g/mol. The van der Waals surface area contributed by atoms with Crippen molar-refractivity contribution in [2.24, 2.45) is 0 Å². The zero-order valence-electron chi connectivity index (χ0n) is 7.51. The molecule has 1 aromatic carbocycles. The van der Waals surface area contributed by atoms with E-state index in [9.17, 15) is 9.59 Å². The van der Waals surface area contributed by atoms with Gasteiger partial charge in [0.25, 0.3) is 0 Å². The fourth-order valence-corrected chi connectivity index (χ4v) is 1.00. The maximum Gasteiger partial charge on any atom is 0.418 e. The molecule has 0 bridgehead atoms. The lowest BCUT2D eigenvalue weighted by Gasteiger charge is -2.14. The number of para-hydroxylation sites is 1. The fourth-order valence-electron chi connectivity index (χ4n) is 1.00. The number of carbonyl (C=O) groups excluding carboxylic acids is 1. The Bertz CT molecular complexity index is 312. The Labute approximate surface area is 87.6 Å². The summed E-state index contributed by atoms with van der Waals surface area (Å²) in [6.07, 6.45) is -1.27. The molecule has 1 aromatic rings. The molecule has 0 aromatic heterocycles. The van der Waals surface area contributed by atoms with Crippen LogP contribution in [0.25, 0.3) is 0 Å². The first-order valence-electron chi connectivity index (χ1n) is 3.71. The SMILES string of the molecule is CC(=O)N(C(=O)O)c1ccccc1.Cl. The lowest BCUT2D eigenvalue weighted by atomic mass is 10.3. The van der Waals surface area contributed by atoms with Gasteiger partial charge in [-0.1, -0.05) is 18.2 Å². The molecule has 0 atom stereocenters. The van der Waals surface area contributed by atoms with Gasteiger partial charge in [0.15, 0.2) is 0 Å². The zero-order valence-corrected chi connectivity index (χ0v) is 8.32. The van der Waals surface area contributed by atoms with Gasteiger partial charge in [-0.3, -0.25) is 4.79 Å². The van der Waals surface area contributed by atoms with Crippen LogP contribution in [0.3, 0.4) is 0 Å². The van der Waals surface area contributed by atoms with E-state index in [0.717, 1.165) is 0 Å². The van der Waals surface area contributed by atoms with Gasteiger partial charge in [-0.05, 0) is 12.1 Å². The Morgan fingerprint density at radius 2 is 1.71 bits per heavy atom. The van der Waals surface area contributed by atoms with Crippen LogP contribution < -0.4 is 4.90 Å². The topological polar surface area (TPSA) is 57.6 Å². The van der Waals surface area contributed by atoms with Crippen LogP contribution in [-0.4, -0.2) is 17.1 Å². The monoisotopic (exact) mass is 215 g/mol. The van der Waals surface area contributed by atoms with Gasteiger partial charge in [-0.15, -0.1) is 12.4 Å².